The summed E-state index contributed by atoms with van der Waals surface area (Å²) in [5, 5.41) is 4.66. The number of amides is 2. The summed E-state index contributed by atoms with van der Waals surface area (Å²) in [6, 6.07) is 14.2. The van der Waals surface area contributed by atoms with E-state index < -0.39 is 11.8 Å². The van der Waals surface area contributed by atoms with Crippen LogP contribution in [0.2, 0.25) is 0 Å². The van der Waals surface area contributed by atoms with E-state index in [-0.39, 0.29) is 11.8 Å². The summed E-state index contributed by atoms with van der Waals surface area (Å²) >= 11 is 0. The van der Waals surface area contributed by atoms with Gasteiger partial charge in [0.25, 0.3) is 0 Å². The minimum Gasteiger partial charge on any atom is -0.361 e. The number of carbonyl (C=O) groups is 2. The fourth-order valence-corrected chi connectivity index (χ4v) is 4.90. The molecule has 4 aromatic rings. The Labute approximate surface area is 155 Å². The molecule has 1 saturated heterocycles. The van der Waals surface area contributed by atoms with E-state index in [1.165, 1.54) is 11.1 Å². The monoisotopic (exact) mass is 355 g/mol. The number of aromatic nitrogens is 2. The van der Waals surface area contributed by atoms with Gasteiger partial charge in [-0.1, -0.05) is 36.4 Å². The highest BCUT2D eigenvalue weighted by atomic mass is 16.2. The Morgan fingerprint density at radius 2 is 1.67 bits per heavy atom. The molecule has 2 aromatic carbocycles. The van der Waals surface area contributed by atoms with Gasteiger partial charge in [0.05, 0.1) is 17.4 Å². The normalized spacial score (nSPS) is 21.5. The summed E-state index contributed by atoms with van der Waals surface area (Å²) in [5.74, 6) is -1.45. The molecule has 6 rings (SSSR count). The molecule has 0 spiro atoms. The zero-order valence-corrected chi connectivity index (χ0v) is 14.5. The topological polar surface area (TPSA) is 66.9 Å². The summed E-state index contributed by atoms with van der Waals surface area (Å²) < 4.78 is 2.22. The first kappa shape index (κ1) is 14.8. The van der Waals surface area contributed by atoms with E-state index in [1.807, 2.05) is 36.5 Å². The summed E-state index contributed by atoms with van der Waals surface area (Å²) in [7, 11) is 0. The average Bonchev–Trinajstić information content (AvgIpc) is 3.41. The maximum Gasteiger partial charge on any atom is 0.235 e. The quantitative estimate of drug-likeness (QED) is 0.542. The van der Waals surface area contributed by atoms with Crippen LogP contribution in [0.5, 0.6) is 0 Å². The van der Waals surface area contributed by atoms with Gasteiger partial charge in [-0.2, -0.15) is 0 Å². The summed E-state index contributed by atoms with van der Waals surface area (Å²) in [6.45, 7) is 0.926. The third kappa shape index (κ3) is 1.88. The number of aryl methyl sites for hydroxylation is 2. The second kappa shape index (κ2) is 5.10. The molecule has 5 heteroatoms. The number of para-hydroxylation sites is 2. The van der Waals surface area contributed by atoms with Crippen LogP contribution in [0.3, 0.4) is 0 Å². The molecule has 1 fully saturated rings. The van der Waals surface area contributed by atoms with Crippen LogP contribution in [-0.2, 0) is 22.6 Å². The molecule has 4 heterocycles. The molecule has 2 aromatic heterocycles. The van der Waals surface area contributed by atoms with Crippen molar-refractivity contribution in [2.75, 3.05) is 0 Å². The lowest BCUT2D eigenvalue weighted by Crippen LogP contribution is -2.21. The van der Waals surface area contributed by atoms with Crippen molar-refractivity contribution in [3.63, 3.8) is 0 Å². The summed E-state index contributed by atoms with van der Waals surface area (Å²) in [5.41, 5.74) is 5.33. The lowest BCUT2D eigenvalue weighted by atomic mass is 9.83. The Morgan fingerprint density at radius 3 is 2.56 bits per heavy atom. The Kier molecular flexibility index (Phi) is 2.79. The molecule has 0 radical (unpaired) electrons. The smallest absolute Gasteiger partial charge is 0.235 e. The zero-order valence-electron chi connectivity index (χ0n) is 14.5. The molecule has 0 bridgehead atoms. The van der Waals surface area contributed by atoms with Crippen molar-refractivity contribution in [1.29, 1.82) is 0 Å². The van der Waals surface area contributed by atoms with E-state index >= 15 is 0 Å². The lowest BCUT2D eigenvalue weighted by Gasteiger charge is -2.15. The predicted octanol–water partition coefficient (Wildman–Crippen LogP) is 3.20. The van der Waals surface area contributed by atoms with Gasteiger partial charge in [-0.3, -0.25) is 14.9 Å². The summed E-state index contributed by atoms with van der Waals surface area (Å²) in [6.07, 6.45) is 4.97. The van der Waals surface area contributed by atoms with Gasteiger partial charge in [0.15, 0.2) is 0 Å². The van der Waals surface area contributed by atoms with Crippen molar-refractivity contribution in [2.24, 2.45) is 0 Å². The average molecular weight is 355 g/mol. The maximum atomic E-state index is 12.8. The standard InChI is InChI=1S/C22H17N3O2/c26-21-18(15-10-23-17-7-2-1-5-13(15)17)19(22(27)24-21)16-11-25-9-8-12-4-3-6-14(16)20(12)25/h1-7,10-11,18-19,23H,8-9H2,(H,24,26,27)/t18-,19+/m1/s1. The number of nitrogens with one attached hydrogen (secondary N) is 2. The fourth-order valence-electron chi connectivity index (χ4n) is 4.90. The van der Waals surface area contributed by atoms with Crippen molar-refractivity contribution in [3.05, 3.63) is 71.5 Å². The van der Waals surface area contributed by atoms with Crippen molar-refractivity contribution >= 4 is 33.6 Å². The number of hydrogen-bond acceptors (Lipinski definition) is 2. The van der Waals surface area contributed by atoms with Crippen LogP contribution in [-0.4, -0.2) is 21.4 Å². The minimum atomic E-state index is -0.518. The van der Waals surface area contributed by atoms with E-state index in [4.69, 9.17) is 0 Å². The van der Waals surface area contributed by atoms with Crippen molar-refractivity contribution in [3.8, 4) is 0 Å². The number of carbonyl (C=O) groups excluding carboxylic acids is 2. The van der Waals surface area contributed by atoms with Crippen molar-refractivity contribution in [1.82, 2.24) is 14.9 Å². The molecule has 0 unspecified atom stereocenters. The van der Waals surface area contributed by atoms with Crippen LogP contribution in [0.1, 0.15) is 28.5 Å². The zero-order chi connectivity index (χ0) is 18.1. The lowest BCUT2D eigenvalue weighted by molar-refractivity contribution is -0.125. The molecule has 5 nitrogen and oxygen atoms in total. The van der Waals surface area contributed by atoms with Gasteiger partial charge in [0.2, 0.25) is 11.8 Å². The van der Waals surface area contributed by atoms with Crippen LogP contribution in [0.15, 0.2) is 54.9 Å². The highest BCUT2D eigenvalue weighted by Crippen LogP contribution is 2.44. The number of fused-ring (bicyclic) bond motifs is 1. The van der Waals surface area contributed by atoms with Crippen molar-refractivity contribution < 1.29 is 9.59 Å². The highest BCUT2D eigenvalue weighted by Gasteiger charge is 2.45. The van der Waals surface area contributed by atoms with Crippen LogP contribution < -0.4 is 5.32 Å². The number of benzene rings is 2. The molecule has 2 atom stereocenters. The predicted molar refractivity (Wildman–Crippen MR) is 103 cm³/mol. The Hall–Kier alpha value is -3.34. The molecule has 0 saturated carbocycles. The molecule has 2 aliphatic heterocycles. The molecule has 0 aliphatic carbocycles. The van der Waals surface area contributed by atoms with E-state index in [9.17, 15) is 9.59 Å². The molecular weight excluding hydrogens is 338 g/mol. The van der Waals surface area contributed by atoms with Gasteiger partial charge in [0, 0.05) is 35.2 Å². The molecule has 2 N–H and O–H groups in total. The molecule has 2 amide bonds. The third-order valence-corrected chi connectivity index (χ3v) is 6.07. The second-order valence-electron chi connectivity index (χ2n) is 7.44. The first-order valence-corrected chi connectivity index (χ1v) is 9.24. The van der Waals surface area contributed by atoms with E-state index in [2.05, 4.69) is 33.2 Å². The SMILES string of the molecule is O=C1NC(=O)[C@@H](c2cn3c4c(cccc24)CC3)[C@H]1c1c[nH]c2ccccc12. The van der Waals surface area contributed by atoms with Crippen LogP contribution >= 0.6 is 0 Å². The molecular formula is C22H17N3O2. The molecule has 132 valence electrons. The first-order valence-electron chi connectivity index (χ1n) is 9.24. The largest absolute Gasteiger partial charge is 0.361 e. The Bertz CT molecular complexity index is 1260. The third-order valence-electron chi connectivity index (χ3n) is 6.07. The van der Waals surface area contributed by atoms with Gasteiger partial charge in [-0.15, -0.1) is 0 Å². The van der Waals surface area contributed by atoms with Gasteiger partial charge >= 0.3 is 0 Å². The van der Waals surface area contributed by atoms with Crippen LogP contribution in [0, 0.1) is 0 Å². The number of aromatic amines is 1. The maximum absolute atomic E-state index is 12.8. The van der Waals surface area contributed by atoms with E-state index in [0.29, 0.717) is 0 Å². The first-order chi connectivity index (χ1) is 13.2. The Morgan fingerprint density at radius 1 is 0.889 bits per heavy atom. The van der Waals surface area contributed by atoms with Gasteiger partial charge in [0.1, 0.15) is 0 Å². The minimum absolute atomic E-state index is 0.208. The van der Waals surface area contributed by atoms with Gasteiger partial charge in [-0.05, 0) is 29.2 Å². The fraction of sp³-hybridized carbons (Fsp3) is 0.182. The van der Waals surface area contributed by atoms with Crippen LogP contribution in [0.25, 0.3) is 21.8 Å². The van der Waals surface area contributed by atoms with Gasteiger partial charge in [-0.25, -0.2) is 0 Å². The number of nitrogens with zero attached hydrogens (tertiary/aromatic N) is 1. The van der Waals surface area contributed by atoms with Gasteiger partial charge < -0.3 is 9.55 Å². The number of imide groups is 1. The Balaban J connectivity index is 1.58. The molecule has 27 heavy (non-hydrogen) atoms. The van der Waals surface area contributed by atoms with E-state index in [1.54, 1.807) is 0 Å². The molecule has 2 aliphatic rings. The van der Waals surface area contributed by atoms with Crippen molar-refractivity contribution in [2.45, 2.75) is 24.8 Å². The number of H-pyrrole nitrogens is 1. The highest BCUT2D eigenvalue weighted by molar-refractivity contribution is 6.13. The van der Waals surface area contributed by atoms with E-state index in [0.717, 1.165) is 40.4 Å². The van der Waals surface area contributed by atoms with Crippen LogP contribution in [0.4, 0.5) is 0 Å². The summed E-state index contributed by atoms with van der Waals surface area (Å²) in [4.78, 5) is 28.9. The second-order valence-corrected chi connectivity index (χ2v) is 7.44. The number of hydrogen-bond donors (Lipinski definition) is 2. The number of rotatable bonds is 2.